The Morgan fingerprint density at radius 1 is 1.07 bits per heavy atom. The summed E-state index contributed by atoms with van der Waals surface area (Å²) in [7, 11) is -4.08. The minimum Gasteiger partial charge on any atom is -0.480 e. The number of carboxylic acids is 1. The predicted molar refractivity (Wildman–Crippen MR) is 141 cm³/mol. The Morgan fingerprint density at radius 2 is 1.65 bits per heavy atom. The molecule has 0 spiro atoms. The number of hydrogen-bond donors (Lipinski definition) is 4. The maximum Gasteiger partial charge on any atom is 0.320 e. The molecule has 0 radical (unpaired) electrons. The fourth-order valence-corrected chi connectivity index (χ4v) is 8.31. The van der Waals surface area contributed by atoms with E-state index in [1.165, 1.54) is 12.1 Å². The van der Waals surface area contributed by atoms with Crippen molar-refractivity contribution in [2.24, 2.45) is 17.8 Å². The number of nitrogens with one attached hydrogen (secondary N) is 2. The summed E-state index contributed by atoms with van der Waals surface area (Å²) < 4.78 is 67.7. The van der Waals surface area contributed by atoms with Crippen LogP contribution in [0.15, 0.2) is 35.2 Å². The van der Waals surface area contributed by atoms with Crippen molar-refractivity contribution in [2.45, 2.75) is 61.3 Å². The average Bonchev–Trinajstić information content (AvgIpc) is 3.03. The molecule has 3 atom stereocenters. The fourth-order valence-electron chi connectivity index (χ4n) is 5.91. The number of anilines is 1. The van der Waals surface area contributed by atoms with E-state index < -0.39 is 67.9 Å². The van der Waals surface area contributed by atoms with E-state index in [1.54, 1.807) is 13.8 Å². The number of fused-ring (bicyclic) bond motifs is 2. The first-order valence-electron chi connectivity index (χ1n) is 12.8. The maximum absolute atomic E-state index is 13.7. The highest BCUT2D eigenvalue weighted by atomic mass is 35.5. The summed E-state index contributed by atoms with van der Waals surface area (Å²) in [5.74, 6) is -7.62. The number of aliphatic carboxylic acids is 1. The maximum atomic E-state index is 13.7. The van der Waals surface area contributed by atoms with E-state index in [-0.39, 0.29) is 46.5 Å². The lowest BCUT2D eigenvalue weighted by Crippen LogP contribution is -2.57. The lowest BCUT2D eigenvalue weighted by molar-refractivity contribution is -0.141. The number of sulfone groups is 1. The normalized spacial score (nSPS) is 25.1. The van der Waals surface area contributed by atoms with Crippen molar-refractivity contribution < 1.29 is 41.4 Å². The standard InChI is InChI=1S/C27H30ClF3N2O6S/c1-13(2)24(26(35)36)32-12-27(37)15-4-5-16(27)9-18(8-15)40(38,39)22-7-14(3-6-19(22)28)25(34)33-17-10-20(29)23(31)21(30)11-17/h3,6-7,10-11,13,15-16,18,24,32,37H,4-5,8-9,12H2,1-2H3,(H,33,34)(H,35,36)/t15?,16?,18?,24-,27?/m0/s1. The quantitative estimate of drug-likeness (QED) is 0.313. The van der Waals surface area contributed by atoms with Crippen molar-refractivity contribution in [2.75, 3.05) is 11.9 Å². The molecule has 4 rings (SSSR count). The number of carbonyl (C=O) groups excluding carboxylic acids is 1. The second-order valence-corrected chi connectivity index (χ2v) is 13.5. The molecule has 2 bridgehead atoms. The Labute approximate surface area is 234 Å². The summed E-state index contributed by atoms with van der Waals surface area (Å²) in [5, 5.41) is 25.1. The molecule has 0 heterocycles. The Morgan fingerprint density at radius 3 is 2.17 bits per heavy atom. The summed E-state index contributed by atoms with van der Waals surface area (Å²) in [5.41, 5.74) is -1.78. The summed E-state index contributed by atoms with van der Waals surface area (Å²) in [6.45, 7) is 3.52. The molecule has 218 valence electrons. The Bertz CT molecular complexity index is 1400. The SMILES string of the molecule is CC(C)[C@H](NCC1(O)C2CCC1CC(S(=O)(=O)c1cc(C(=O)Nc3cc(F)c(F)c(F)c3)ccc1Cl)C2)C(=O)O. The number of amides is 1. The van der Waals surface area contributed by atoms with Crippen molar-refractivity contribution in [1.82, 2.24) is 5.32 Å². The molecule has 8 nitrogen and oxygen atoms in total. The van der Waals surface area contributed by atoms with Crippen LogP contribution in [0.3, 0.4) is 0 Å². The third kappa shape index (κ3) is 5.72. The zero-order chi connectivity index (χ0) is 29.6. The minimum absolute atomic E-state index is 0.0191. The van der Waals surface area contributed by atoms with Crippen molar-refractivity contribution in [1.29, 1.82) is 0 Å². The molecule has 2 aromatic carbocycles. The predicted octanol–water partition coefficient (Wildman–Crippen LogP) is 4.40. The van der Waals surface area contributed by atoms with Gasteiger partial charge < -0.3 is 20.8 Å². The Balaban J connectivity index is 1.53. The summed E-state index contributed by atoms with van der Waals surface area (Å²) >= 11 is 6.25. The molecule has 4 N–H and O–H groups in total. The number of carboxylic acid groups (broad SMARTS) is 1. The molecule has 0 aliphatic heterocycles. The van der Waals surface area contributed by atoms with Gasteiger partial charge in [0.05, 0.1) is 20.8 Å². The zero-order valence-electron chi connectivity index (χ0n) is 21.8. The Kier molecular flexibility index (Phi) is 8.56. The van der Waals surface area contributed by atoms with Crippen molar-refractivity contribution in [3.05, 3.63) is 58.4 Å². The van der Waals surface area contributed by atoms with Crippen LogP contribution in [0, 0.1) is 35.2 Å². The van der Waals surface area contributed by atoms with Crippen LogP contribution in [0.1, 0.15) is 49.9 Å². The van der Waals surface area contributed by atoms with Gasteiger partial charge in [-0.3, -0.25) is 9.59 Å². The average molecular weight is 603 g/mol. The molecule has 2 unspecified atom stereocenters. The highest BCUT2D eigenvalue weighted by molar-refractivity contribution is 7.92. The molecule has 1 amide bonds. The summed E-state index contributed by atoms with van der Waals surface area (Å²) in [6.07, 6.45) is 1.40. The van der Waals surface area contributed by atoms with E-state index in [4.69, 9.17) is 11.6 Å². The van der Waals surface area contributed by atoms with Crippen molar-refractivity contribution >= 4 is 39.0 Å². The third-order valence-corrected chi connectivity index (χ3v) is 10.7. The number of aliphatic hydroxyl groups is 1. The van der Waals surface area contributed by atoms with Crippen LogP contribution in [0.25, 0.3) is 0 Å². The van der Waals surface area contributed by atoms with Crippen molar-refractivity contribution in [3.63, 3.8) is 0 Å². The second kappa shape index (κ2) is 11.3. The molecule has 40 heavy (non-hydrogen) atoms. The topological polar surface area (TPSA) is 133 Å². The van der Waals surface area contributed by atoms with Gasteiger partial charge in [-0.05, 0) is 61.6 Å². The molecule has 0 saturated heterocycles. The number of hydrogen-bond acceptors (Lipinski definition) is 6. The molecule has 2 aliphatic rings. The van der Waals surface area contributed by atoms with E-state index in [9.17, 15) is 41.4 Å². The van der Waals surface area contributed by atoms with Gasteiger partial charge in [0, 0.05) is 29.9 Å². The van der Waals surface area contributed by atoms with Crippen molar-refractivity contribution in [3.8, 4) is 0 Å². The molecule has 2 aromatic rings. The molecule has 2 fully saturated rings. The van der Waals surface area contributed by atoms with E-state index >= 15 is 0 Å². The molecule has 2 aliphatic carbocycles. The fraction of sp³-hybridized carbons (Fsp3) is 0.481. The third-order valence-electron chi connectivity index (χ3n) is 8.09. The molecular weight excluding hydrogens is 573 g/mol. The monoisotopic (exact) mass is 602 g/mol. The Hall–Kier alpha value is -2.67. The van der Waals surface area contributed by atoms with Gasteiger partial charge in [-0.1, -0.05) is 25.4 Å². The zero-order valence-corrected chi connectivity index (χ0v) is 23.3. The van der Waals surface area contributed by atoms with E-state index in [0.29, 0.717) is 25.0 Å². The molecule has 13 heteroatoms. The highest BCUT2D eigenvalue weighted by Crippen LogP contribution is 2.52. The van der Waals surface area contributed by atoms with Crippen LogP contribution in [0.2, 0.25) is 5.02 Å². The van der Waals surface area contributed by atoms with Crippen LogP contribution in [-0.2, 0) is 14.6 Å². The molecule has 0 aromatic heterocycles. The van der Waals surface area contributed by atoms with Gasteiger partial charge in [0.25, 0.3) is 5.91 Å². The largest absolute Gasteiger partial charge is 0.480 e. The van der Waals surface area contributed by atoms with Crippen LogP contribution in [0.5, 0.6) is 0 Å². The number of rotatable bonds is 9. The first-order chi connectivity index (χ1) is 18.6. The van der Waals surface area contributed by atoms with Gasteiger partial charge in [-0.15, -0.1) is 0 Å². The number of benzene rings is 2. The number of carbonyl (C=O) groups is 2. The van der Waals surface area contributed by atoms with E-state index in [0.717, 1.165) is 6.07 Å². The van der Waals surface area contributed by atoms with E-state index in [2.05, 4.69) is 10.6 Å². The smallest absolute Gasteiger partial charge is 0.320 e. The van der Waals surface area contributed by atoms with Crippen LogP contribution >= 0.6 is 11.6 Å². The summed E-state index contributed by atoms with van der Waals surface area (Å²) in [6, 6.07) is 3.88. The highest BCUT2D eigenvalue weighted by Gasteiger charge is 2.55. The lowest BCUT2D eigenvalue weighted by Gasteiger charge is -2.43. The minimum atomic E-state index is -4.08. The van der Waals surface area contributed by atoms with Gasteiger partial charge >= 0.3 is 5.97 Å². The molecular formula is C27H30ClF3N2O6S. The lowest BCUT2D eigenvalue weighted by atomic mass is 9.74. The summed E-state index contributed by atoms with van der Waals surface area (Å²) in [4.78, 5) is 24.0. The van der Waals surface area contributed by atoms with Gasteiger partial charge in [0.1, 0.15) is 6.04 Å². The second-order valence-electron chi connectivity index (χ2n) is 10.9. The van der Waals surface area contributed by atoms with Crippen LogP contribution < -0.4 is 10.6 Å². The van der Waals surface area contributed by atoms with Gasteiger partial charge in [-0.2, -0.15) is 0 Å². The van der Waals surface area contributed by atoms with Gasteiger partial charge in [0.15, 0.2) is 27.3 Å². The first-order valence-corrected chi connectivity index (χ1v) is 14.8. The van der Waals surface area contributed by atoms with E-state index in [1.807, 2.05) is 0 Å². The van der Waals surface area contributed by atoms with Crippen LogP contribution in [0.4, 0.5) is 18.9 Å². The number of halogens is 4. The molecule has 2 saturated carbocycles. The first kappa shape index (κ1) is 30.3. The van der Waals surface area contributed by atoms with Crippen LogP contribution in [-0.4, -0.2) is 53.9 Å². The van der Waals surface area contributed by atoms with Gasteiger partial charge in [0.2, 0.25) is 0 Å². The van der Waals surface area contributed by atoms with Gasteiger partial charge in [-0.25, -0.2) is 21.6 Å².